The topological polar surface area (TPSA) is 0 Å². The Morgan fingerprint density at radius 1 is 1.24 bits per heavy atom. The van der Waals surface area contributed by atoms with Gasteiger partial charge in [0.05, 0.1) is 0 Å². The van der Waals surface area contributed by atoms with Gasteiger partial charge in [0.2, 0.25) is 0 Å². The highest BCUT2D eigenvalue weighted by molar-refractivity contribution is 6.17. The van der Waals surface area contributed by atoms with Crippen LogP contribution in [0.15, 0.2) is 36.4 Å². The summed E-state index contributed by atoms with van der Waals surface area (Å²) >= 11 is 5.65. The quantitative estimate of drug-likeness (QED) is 0.375. The van der Waals surface area contributed by atoms with Crippen molar-refractivity contribution in [3.8, 4) is 0 Å². The van der Waals surface area contributed by atoms with E-state index in [1.165, 1.54) is 30.4 Å². The number of allylic oxidation sites excluding steroid dienone is 2. The molecular formula is C16H21Cl. The lowest BCUT2D eigenvalue weighted by Gasteiger charge is -1.98. The Labute approximate surface area is 110 Å². The molecule has 92 valence electrons. The zero-order chi connectivity index (χ0) is 12.1. The van der Waals surface area contributed by atoms with E-state index < -0.39 is 0 Å². The monoisotopic (exact) mass is 248 g/mol. The number of hydrogen-bond donors (Lipinski definition) is 0. The van der Waals surface area contributed by atoms with Crippen molar-refractivity contribution in [1.29, 1.82) is 0 Å². The molecule has 1 heteroatoms. The molecule has 0 radical (unpaired) electrons. The van der Waals surface area contributed by atoms with Gasteiger partial charge in [0.15, 0.2) is 0 Å². The van der Waals surface area contributed by atoms with Crippen LogP contribution in [-0.2, 0) is 0 Å². The Balaban J connectivity index is 1.75. The highest BCUT2D eigenvalue weighted by Crippen LogP contribution is 2.48. The van der Waals surface area contributed by atoms with Crippen molar-refractivity contribution in [2.45, 2.75) is 38.5 Å². The fourth-order valence-corrected chi connectivity index (χ4v) is 2.44. The molecule has 1 aromatic carbocycles. The van der Waals surface area contributed by atoms with Crippen molar-refractivity contribution in [1.82, 2.24) is 0 Å². The van der Waals surface area contributed by atoms with E-state index in [1.54, 1.807) is 0 Å². The molecule has 0 unspecified atom stereocenters. The molecule has 1 aromatic rings. The summed E-state index contributed by atoms with van der Waals surface area (Å²) in [5.41, 5.74) is 2.86. The van der Waals surface area contributed by atoms with Gasteiger partial charge >= 0.3 is 0 Å². The van der Waals surface area contributed by atoms with Crippen LogP contribution in [0, 0.1) is 12.8 Å². The van der Waals surface area contributed by atoms with Gasteiger partial charge < -0.3 is 0 Å². The summed E-state index contributed by atoms with van der Waals surface area (Å²) < 4.78 is 0. The maximum Gasteiger partial charge on any atom is 0.0223 e. The number of alkyl halides is 1. The van der Waals surface area contributed by atoms with Crippen molar-refractivity contribution in [2.75, 3.05) is 5.88 Å². The van der Waals surface area contributed by atoms with Crippen molar-refractivity contribution >= 4 is 11.6 Å². The Morgan fingerprint density at radius 3 is 2.71 bits per heavy atom. The molecular weight excluding hydrogens is 228 g/mol. The second-order valence-corrected chi connectivity index (χ2v) is 5.41. The first kappa shape index (κ1) is 12.7. The third-order valence-corrected chi connectivity index (χ3v) is 3.75. The minimum Gasteiger partial charge on any atom is -0.127 e. The summed E-state index contributed by atoms with van der Waals surface area (Å²) in [5, 5.41) is 0. The smallest absolute Gasteiger partial charge is 0.0223 e. The molecule has 2 atom stereocenters. The van der Waals surface area contributed by atoms with Crippen LogP contribution in [0.3, 0.4) is 0 Å². The summed E-state index contributed by atoms with van der Waals surface area (Å²) in [6.45, 7) is 2.14. The summed E-state index contributed by atoms with van der Waals surface area (Å²) in [4.78, 5) is 0. The Bertz CT molecular complexity index is 364. The predicted molar refractivity (Wildman–Crippen MR) is 75.7 cm³/mol. The number of benzene rings is 1. The first-order valence-corrected chi connectivity index (χ1v) is 7.14. The SMILES string of the molecule is Cc1ccc([C@@H]2C[C@@H]2/C=C/CCCCCl)cc1. The van der Waals surface area contributed by atoms with E-state index in [0.717, 1.165) is 24.1 Å². The van der Waals surface area contributed by atoms with Gasteiger partial charge in [-0.25, -0.2) is 0 Å². The van der Waals surface area contributed by atoms with E-state index in [-0.39, 0.29) is 0 Å². The predicted octanol–water partition coefficient (Wildman–Crippen LogP) is 5.06. The van der Waals surface area contributed by atoms with Crippen LogP contribution in [-0.4, -0.2) is 5.88 Å². The van der Waals surface area contributed by atoms with Crippen LogP contribution in [0.25, 0.3) is 0 Å². The van der Waals surface area contributed by atoms with Gasteiger partial charge in [-0.2, -0.15) is 0 Å². The van der Waals surface area contributed by atoms with Crippen LogP contribution in [0.4, 0.5) is 0 Å². The highest BCUT2D eigenvalue weighted by atomic mass is 35.5. The molecule has 0 aliphatic heterocycles. The molecule has 0 saturated heterocycles. The van der Waals surface area contributed by atoms with Gasteiger partial charge in [0.25, 0.3) is 0 Å². The zero-order valence-electron chi connectivity index (χ0n) is 10.5. The van der Waals surface area contributed by atoms with Crippen molar-refractivity contribution in [3.63, 3.8) is 0 Å². The Hall–Kier alpha value is -0.750. The second-order valence-electron chi connectivity index (χ2n) is 5.03. The minimum absolute atomic E-state index is 0.778. The third kappa shape index (κ3) is 3.89. The number of rotatable bonds is 6. The normalized spacial score (nSPS) is 23.2. The largest absolute Gasteiger partial charge is 0.127 e. The van der Waals surface area contributed by atoms with Crippen molar-refractivity contribution < 1.29 is 0 Å². The van der Waals surface area contributed by atoms with Crippen LogP contribution in [0.2, 0.25) is 0 Å². The van der Waals surface area contributed by atoms with Gasteiger partial charge in [-0.1, -0.05) is 42.0 Å². The van der Waals surface area contributed by atoms with Gasteiger partial charge in [0.1, 0.15) is 0 Å². The molecule has 0 spiro atoms. The van der Waals surface area contributed by atoms with Gasteiger partial charge in [-0.3, -0.25) is 0 Å². The fraction of sp³-hybridized carbons (Fsp3) is 0.500. The molecule has 0 bridgehead atoms. The van der Waals surface area contributed by atoms with Gasteiger partial charge in [-0.15, -0.1) is 11.6 Å². The van der Waals surface area contributed by atoms with Gasteiger partial charge in [0, 0.05) is 5.88 Å². The van der Waals surface area contributed by atoms with E-state index in [2.05, 4.69) is 43.3 Å². The molecule has 0 nitrogen and oxygen atoms in total. The van der Waals surface area contributed by atoms with Crippen molar-refractivity contribution in [3.05, 3.63) is 47.5 Å². The van der Waals surface area contributed by atoms with E-state index in [4.69, 9.17) is 11.6 Å². The molecule has 0 heterocycles. The molecule has 0 N–H and O–H groups in total. The molecule has 0 aromatic heterocycles. The fourth-order valence-electron chi connectivity index (χ4n) is 2.25. The van der Waals surface area contributed by atoms with E-state index in [9.17, 15) is 0 Å². The standard InChI is InChI=1S/C16H21Cl/c1-13-7-9-14(10-8-13)16-12-15(16)6-4-2-3-5-11-17/h4,6-10,15-16H,2-3,5,11-12H2,1H3/b6-4+/t15-,16-/m0/s1. The molecule has 1 fully saturated rings. The first-order valence-electron chi connectivity index (χ1n) is 6.60. The molecule has 2 rings (SSSR count). The first-order chi connectivity index (χ1) is 8.31. The van der Waals surface area contributed by atoms with Gasteiger partial charge in [-0.05, 0) is 50.0 Å². The summed E-state index contributed by atoms with van der Waals surface area (Å²) in [6, 6.07) is 8.99. The maximum absolute atomic E-state index is 5.65. The lowest BCUT2D eigenvalue weighted by atomic mass is 10.1. The Morgan fingerprint density at radius 2 is 2.00 bits per heavy atom. The minimum atomic E-state index is 0.778. The van der Waals surface area contributed by atoms with E-state index in [0.29, 0.717) is 0 Å². The Kier molecular flexibility index (Phi) is 4.67. The molecule has 1 aliphatic rings. The van der Waals surface area contributed by atoms with E-state index in [1.807, 2.05) is 0 Å². The molecule has 17 heavy (non-hydrogen) atoms. The van der Waals surface area contributed by atoms with Crippen LogP contribution >= 0.6 is 11.6 Å². The summed E-state index contributed by atoms with van der Waals surface area (Å²) in [7, 11) is 0. The van der Waals surface area contributed by atoms with Crippen LogP contribution < -0.4 is 0 Å². The number of hydrogen-bond acceptors (Lipinski definition) is 0. The average molecular weight is 249 g/mol. The zero-order valence-corrected chi connectivity index (χ0v) is 11.3. The number of aryl methyl sites for hydroxylation is 1. The molecule has 1 aliphatic carbocycles. The van der Waals surface area contributed by atoms with Crippen LogP contribution in [0.1, 0.15) is 42.7 Å². The number of halogens is 1. The highest BCUT2D eigenvalue weighted by Gasteiger charge is 2.35. The summed E-state index contributed by atoms with van der Waals surface area (Å²) in [5.74, 6) is 2.36. The number of unbranched alkanes of at least 4 members (excludes halogenated alkanes) is 2. The molecule has 0 amide bonds. The van der Waals surface area contributed by atoms with E-state index >= 15 is 0 Å². The molecule has 1 saturated carbocycles. The van der Waals surface area contributed by atoms with Crippen molar-refractivity contribution in [2.24, 2.45) is 5.92 Å². The average Bonchev–Trinajstić information content (AvgIpc) is 3.09. The van der Waals surface area contributed by atoms with Crippen LogP contribution in [0.5, 0.6) is 0 Å². The lowest BCUT2D eigenvalue weighted by Crippen LogP contribution is -1.82. The third-order valence-electron chi connectivity index (χ3n) is 3.48. The lowest BCUT2D eigenvalue weighted by molar-refractivity contribution is 0.815. The second kappa shape index (κ2) is 6.26. The maximum atomic E-state index is 5.65. The summed E-state index contributed by atoms with van der Waals surface area (Å²) in [6.07, 6.45) is 9.61.